The number of carbonyl (C=O) groups excluding carboxylic acids is 1. The summed E-state index contributed by atoms with van der Waals surface area (Å²) < 4.78 is 0. The fourth-order valence-electron chi connectivity index (χ4n) is 2.66. The maximum absolute atomic E-state index is 12.4. The number of carboxylic acid groups (broad SMARTS) is 1. The second-order valence-corrected chi connectivity index (χ2v) is 6.07. The molecule has 1 aliphatic rings. The molecule has 1 amide bonds. The molecule has 1 unspecified atom stereocenters. The molecule has 1 fully saturated rings. The molecule has 0 aliphatic carbocycles. The first-order chi connectivity index (χ1) is 11.0. The van der Waals surface area contributed by atoms with E-state index in [0.29, 0.717) is 23.1 Å². The van der Waals surface area contributed by atoms with Gasteiger partial charge in [0, 0.05) is 19.0 Å². The number of carboxylic acids is 1. The van der Waals surface area contributed by atoms with Crippen molar-refractivity contribution in [3.8, 4) is 0 Å². The molecule has 23 heavy (non-hydrogen) atoms. The lowest BCUT2D eigenvalue weighted by Gasteiger charge is -2.15. The Kier molecular flexibility index (Phi) is 4.23. The molecule has 0 saturated carbocycles. The van der Waals surface area contributed by atoms with E-state index in [2.05, 4.69) is 15.4 Å². The van der Waals surface area contributed by atoms with E-state index in [1.807, 2.05) is 6.07 Å². The molecule has 1 aliphatic heterocycles. The molecule has 0 radical (unpaired) electrons. The number of H-pyrrole nitrogens is 1. The van der Waals surface area contributed by atoms with Gasteiger partial charge in [-0.05, 0) is 24.1 Å². The summed E-state index contributed by atoms with van der Waals surface area (Å²) in [6.45, 7) is 0.971. The second kappa shape index (κ2) is 6.17. The smallest absolute Gasteiger partial charge is 0.356 e. The Bertz CT molecular complexity index is 777. The van der Waals surface area contributed by atoms with E-state index >= 15 is 0 Å². The van der Waals surface area contributed by atoms with Crippen molar-refractivity contribution in [2.24, 2.45) is 0 Å². The Balaban J connectivity index is 1.76. The fourth-order valence-corrected chi connectivity index (χ4v) is 2.97. The van der Waals surface area contributed by atoms with Crippen molar-refractivity contribution in [2.75, 3.05) is 13.1 Å². The number of aromatic amines is 1. The van der Waals surface area contributed by atoms with Gasteiger partial charge in [0.1, 0.15) is 0 Å². The van der Waals surface area contributed by atoms with Crippen LogP contribution in [0.15, 0.2) is 18.2 Å². The van der Waals surface area contributed by atoms with Crippen molar-refractivity contribution >= 4 is 35.1 Å². The number of nitrogens with zero attached hydrogens (tertiary/aromatic N) is 3. The summed E-state index contributed by atoms with van der Waals surface area (Å²) in [6.07, 6.45) is 0.754. The lowest BCUT2D eigenvalue weighted by atomic mass is 9.99. The number of aromatic nitrogens is 3. The third kappa shape index (κ3) is 3.02. The van der Waals surface area contributed by atoms with Crippen LogP contribution in [0.3, 0.4) is 0 Å². The van der Waals surface area contributed by atoms with Gasteiger partial charge < -0.3 is 10.0 Å². The molecule has 120 valence electrons. The summed E-state index contributed by atoms with van der Waals surface area (Å²) in [5.74, 6) is -1.59. The van der Waals surface area contributed by atoms with E-state index in [1.54, 1.807) is 17.0 Å². The highest BCUT2D eigenvalue weighted by Crippen LogP contribution is 2.32. The molecule has 0 spiro atoms. The minimum atomic E-state index is -1.27. The maximum Gasteiger partial charge on any atom is 0.356 e. The Labute approximate surface area is 141 Å². The van der Waals surface area contributed by atoms with Crippen LogP contribution in [0.2, 0.25) is 10.0 Å². The van der Waals surface area contributed by atoms with Crippen LogP contribution in [0.25, 0.3) is 0 Å². The monoisotopic (exact) mass is 354 g/mol. The Morgan fingerprint density at radius 2 is 2.09 bits per heavy atom. The van der Waals surface area contributed by atoms with Crippen molar-refractivity contribution in [3.05, 3.63) is 45.2 Å². The van der Waals surface area contributed by atoms with Gasteiger partial charge in [-0.15, -0.1) is 5.10 Å². The Hall–Kier alpha value is -2.12. The maximum atomic E-state index is 12.4. The topological polar surface area (TPSA) is 99.2 Å². The predicted molar refractivity (Wildman–Crippen MR) is 83.1 cm³/mol. The van der Waals surface area contributed by atoms with Gasteiger partial charge in [-0.1, -0.05) is 34.5 Å². The van der Waals surface area contributed by atoms with Gasteiger partial charge in [0.15, 0.2) is 11.4 Å². The van der Waals surface area contributed by atoms with Gasteiger partial charge in [0.25, 0.3) is 5.91 Å². The van der Waals surface area contributed by atoms with Crippen molar-refractivity contribution in [2.45, 2.75) is 12.3 Å². The average molecular weight is 355 g/mol. The molecule has 2 heterocycles. The molecule has 3 rings (SSSR count). The summed E-state index contributed by atoms with van der Waals surface area (Å²) in [5, 5.41) is 19.2. The number of hydrogen-bond acceptors (Lipinski definition) is 4. The number of benzene rings is 1. The molecular weight excluding hydrogens is 343 g/mol. The minimum absolute atomic E-state index is 0.119. The summed E-state index contributed by atoms with van der Waals surface area (Å²) in [5.41, 5.74) is 0.522. The molecule has 2 aromatic rings. The largest absolute Gasteiger partial charge is 0.476 e. The average Bonchev–Trinajstić information content (AvgIpc) is 3.18. The highest BCUT2D eigenvalue weighted by Gasteiger charge is 2.32. The molecular formula is C14H12Cl2N4O3. The van der Waals surface area contributed by atoms with Crippen LogP contribution in [0.1, 0.15) is 38.9 Å². The van der Waals surface area contributed by atoms with Crippen molar-refractivity contribution in [1.29, 1.82) is 0 Å². The van der Waals surface area contributed by atoms with Crippen molar-refractivity contribution < 1.29 is 14.7 Å². The summed E-state index contributed by atoms with van der Waals surface area (Å²) in [4.78, 5) is 25.0. The zero-order valence-corrected chi connectivity index (χ0v) is 13.3. The van der Waals surface area contributed by atoms with E-state index in [1.165, 1.54) is 0 Å². The highest BCUT2D eigenvalue weighted by molar-refractivity contribution is 6.42. The number of nitrogens with one attached hydrogen (secondary N) is 1. The van der Waals surface area contributed by atoms with Gasteiger partial charge in [-0.25, -0.2) is 4.79 Å². The molecule has 1 aromatic heterocycles. The number of hydrogen-bond donors (Lipinski definition) is 2. The lowest BCUT2D eigenvalue weighted by Crippen LogP contribution is -2.30. The van der Waals surface area contributed by atoms with Crippen LogP contribution in [-0.4, -0.2) is 50.4 Å². The molecule has 7 nitrogen and oxygen atoms in total. The van der Waals surface area contributed by atoms with Gasteiger partial charge in [-0.2, -0.15) is 0 Å². The van der Waals surface area contributed by atoms with E-state index in [9.17, 15) is 9.59 Å². The number of likely N-dealkylation sites (tertiary alicyclic amines) is 1. The Morgan fingerprint density at radius 1 is 1.30 bits per heavy atom. The summed E-state index contributed by atoms with van der Waals surface area (Å²) in [7, 11) is 0. The third-order valence-electron chi connectivity index (χ3n) is 3.86. The first kappa shape index (κ1) is 15.8. The van der Waals surface area contributed by atoms with E-state index in [0.717, 1.165) is 12.0 Å². The van der Waals surface area contributed by atoms with E-state index in [-0.39, 0.29) is 17.3 Å². The molecule has 1 atom stereocenters. The van der Waals surface area contributed by atoms with E-state index < -0.39 is 11.9 Å². The first-order valence-electron chi connectivity index (χ1n) is 6.86. The zero-order valence-electron chi connectivity index (χ0n) is 11.8. The van der Waals surface area contributed by atoms with Crippen LogP contribution in [0.5, 0.6) is 0 Å². The van der Waals surface area contributed by atoms with Gasteiger partial charge in [0.2, 0.25) is 0 Å². The molecule has 1 saturated heterocycles. The van der Waals surface area contributed by atoms with Gasteiger partial charge >= 0.3 is 5.97 Å². The third-order valence-corrected chi connectivity index (χ3v) is 4.59. The van der Waals surface area contributed by atoms with Gasteiger partial charge in [-0.3, -0.25) is 9.89 Å². The quantitative estimate of drug-likeness (QED) is 0.881. The van der Waals surface area contributed by atoms with Crippen LogP contribution >= 0.6 is 23.2 Å². The lowest BCUT2D eigenvalue weighted by molar-refractivity contribution is 0.0674. The van der Waals surface area contributed by atoms with Crippen molar-refractivity contribution in [3.63, 3.8) is 0 Å². The molecule has 1 aromatic carbocycles. The summed E-state index contributed by atoms with van der Waals surface area (Å²) in [6, 6.07) is 5.40. The molecule has 9 heteroatoms. The number of halogens is 2. The zero-order chi connectivity index (χ0) is 16.6. The number of rotatable bonds is 3. The SMILES string of the molecule is O=C(O)c1[nH]nnc1C(=O)N1CCC(c2ccc(Cl)c(Cl)c2)C1. The van der Waals surface area contributed by atoms with Crippen molar-refractivity contribution in [1.82, 2.24) is 20.3 Å². The van der Waals surface area contributed by atoms with Crippen LogP contribution in [0.4, 0.5) is 0 Å². The van der Waals surface area contributed by atoms with Crippen LogP contribution in [0, 0.1) is 0 Å². The summed E-state index contributed by atoms with van der Waals surface area (Å²) >= 11 is 11.9. The van der Waals surface area contributed by atoms with Crippen LogP contribution < -0.4 is 0 Å². The number of aromatic carboxylic acids is 1. The minimum Gasteiger partial charge on any atom is -0.476 e. The molecule has 0 bridgehead atoms. The normalized spacial score (nSPS) is 17.5. The second-order valence-electron chi connectivity index (χ2n) is 5.25. The number of amides is 1. The number of carbonyl (C=O) groups is 2. The van der Waals surface area contributed by atoms with Crippen LogP contribution in [-0.2, 0) is 0 Å². The standard InChI is InChI=1S/C14H12Cl2N4O3/c15-9-2-1-7(5-10(9)16)8-3-4-20(6-8)13(21)11-12(14(22)23)18-19-17-11/h1-2,5,8H,3-4,6H2,(H,22,23)(H,17,18,19). The molecule has 2 N–H and O–H groups in total. The fraction of sp³-hybridized carbons (Fsp3) is 0.286. The van der Waals surface area contributed by atoms with E-state index in [4.69, 9.17) is 28.3 Å². The Morgan fingerprint density at radius 3 is 2.78 bits per heavy atom. The predicted octanol–water partition coefficient (Wildman–Crippen LogP) is 2.44. The highest BCUT2D eigenvalue weighted by atomic mass is 35.5. The first-order valence-corrected chi connectivity index (χ1v) is 7.61. The van der Waals surface area contributed by atoms with Gasteiger partial charge in [0.05, 0.1) is 10.0 Å².